The molecular weight excluding hydrogens is 406 g/mol. The highest BCUT2D eigenvalue weighted by atomic mass is 16.6. The van der Waals surface area contributed by atoms with Gasteiger partial charge in [-0.25, -0.2) is 4.79 Å². The molecule has 1 unspecified atom stereocenters. The van der Waals surface area contributed by atoms with Crippen molar-refractivity contribution in [2.45, 2.75) is 38.8 Å². The molecule has 3 rings (SSSR count). The van der Waals surface area contributed by atoms with Crippen LogP contribution in [0.2, 0.25) is 0 Å². The van der Waals surface area contributed by atoms with Gasteiger partial charge in [0.1, 0.15) is 11.6 Å². The number of anilines is 1. The number of amides is 3. The lowest BCUT2D eigenvalue weighted by Gasteiger charge is -2.35. The maximum absolute atomic E-state index is 12.9. The van der Waals surface area contributed by atoms with Crippen molar-refractivity contribution in [2.24, 2.45) is 0 Å². The third-order valence-electron chi connectivity index (χ3n) is 4.73. The van der Waals surface area contributed by atoms with Gasteiger partial charge in [-0.2, -0.15) is 0 Å². The number of carbonyl (C=O) groups is 3. The molecule has 1 atom stereocenters. The largest absolute Gasteiger partial charge is 0.444 e. The van der Waals surface area contributed by atoms with Crippen LogP contribution in [-0.2, 0) is 20.7 Å². The van der Waals surface area contributed by atoms with E-state index in [-0.39, 0.29) is 11.8 Å². The standard InChI is InChI=1S/C25H29N3O4/c1-25(2,3)32-24(31)28-16-19(17-28)15-22(29)27-21(14-18-10-6-4-7-11-18)23(30)26-20-12-8-5-9-13-20/h4-13,15,21H,14,16-17H2,1-3H3,(H,26,30)(H,27,29). The number of nitrogens with one attached hydrogen (secondary N) is 2. The number of para-hydroxylation sites is 1. The molecule has 1 aliphatic heterocycles. The molecule has 1 saturated heterocycles. The first-order valence-electron chi connectivity index (χ1n) is 10.6. The molecular formula is C25H29N3O4. The van der Waals surface area contributed by atoms with Crippen molar-refractivity contribution in [3.8, 4) is 0 Å². The molecule has 1 aliphatic rings. The molecule has 0 spiro atoms. The minimum Gasteiger partial charge on any atom is -0.444 e. The van der Waals surface area contributed by atoms with Crippen LogP contribution >= 0.6 is 0 Å². The smallest absolute Gasteiger partial charge is 0.410 e. The van der Waals surface area contributed by atoms with E-state index in [2.05, 4.69) is 10.6 Å². The first-order valence-corrected chi connectivity index (χ1v) is 10.6. The Morgan fingerprint density at radius 2 is 1.59 bits per heavy atom. The molecule has 3 amide bonds. The van der Waals surface area contributed by atoms with Gasteiger partial charge in [0.05, 0.1) is 0 Å². The van der Waals surface area contributed by atoms with Crippen LogP contribution in [0.25, 0.3) is 0 Å². The van der Waals surface area contributed by atoms with E-state index in [1.54, 1.807) is 12.1 Å². The minimum atomic E-state index is -0.746. The fourth-order valence-electron chi connectivity index (χ4n) is 3.20. The molecule has 0 bridgehead atoms. The highest BCUT2D eigenvalue weighted by Gasteiger charge is 2.30. The SMILES string of the molecule is CC(C)(C)OC(=O)N1CC(=CC(=O)NC(Cc2ccccc2)C(=O)Nc2ccccc2)C1. The van der Waals surface area contributed by atoms with E-state index >= 15 is 0 Å². The Hall–Kier alpha value is -3.61. The Bertz CT molecular complexity index is 973. The quantitative estimate of drug-likeness (QED) is 0.680. The molecule has 7 heteroatoms. The van der Waals surface area contributed by atoms with E-state index in [1.165, 1.54) is 11.0 Å². The lowest BCUT2D eigenvalue weighted by Crippen LogP contribution is -2.48. The van der Waals surface area contributed by atoms with Crippen molar-refractivity contribution < 1.29 is 19.1 Å². The molecule has 1 fully saturated rings. The molecule has 2 aromatic rings. The fourth-order valence-corrected chi connectivity index (χ4v) is 3.20. The van der Waals surface area contributed by atoms with Crippen LogP contribution in [0.5, 0.6) is 0 Å². The predicted molar refractivity (Wildman–Crippen MR) is 123 cm³/mol. The van der Waals surface area contributed by atoms with E-state index in [0.717, 1.165) is 11.1 Å². The van der Waals surface area contributed by atoms with Crippen LogP contribution in [0.1, 0.15) is 26.3 Å². The van der Waals surface area contributed by atoms with Gasteiger partial charge in [-0.3, -0.25) is 9.59 Å². The summed E-state index contributed by atoms with van der Waals surface area (Å²) in [6.07, 6.45) is 1.41. The molecule has 0 saturated carbocycles. The van der Waals surface area contributed by atoms with Crippen molar-refractivity contribution in [3.05, 3.63) is 77.9 Å². The third kappa shape index (κ3) is 6.97. The lowest BCUT2D eigenvalue weighted by molar-refractivity contribution is -0.123. The number of nitrogens with zero attached hydrogens (tertiary/aromatic N) is 1. The van der Waals surface area contributed by atoms with Gasteiger partial charge in [0.25, 0.3) is 0 Å². The second-order valence-electron chi connectivity index (χ2n) is 8.75. The zero-order valence-electron chi connectivity index (χ0n) is 18.6. The zero-order valence-corrected chi connectivity index (χ0v) is 18.6. The number of ether oxygens (including phenoxy) is 1. The van der Waals surface area contributed by atoms with Gasteiger partial charge in [0.15, 0.2) is 0 Å². The summed E-state index contributed by atoms with van der Waals surface area (Å²) < 4.78 is 5.32. The molecule has 2 N–H and O–H groups in total. The number of hydrogen-bond donors (Lipinski definition) is 2. The maximum Gasteiger partial charge on any atom is 0.410 e. The van der Waals surface area contributed by atoms with Crippen LogP contribution < -0.4 is 10.6 Å². The average molecular weight is 436 g/mol. The van der Waals surface area contributed by atoms with Crippen molar-refractivity contribution in [2.75, 3.05) is 18.4 Å². The predicted octanol–water partition coefficient (Wildman–Crippen LogP) is 3.53. The van der Waals surface area contributed by atoms with Gasteiger partial charge < -0.3 is 20.3 Å². The second kappa shape index (κ2) is 10.1. The first-order chi connectivity index (χ1) is 15.2. The normalized spacial score (nSPS) is 14.1. The molecule has 1 heterocycles. The van der Waals surface area contributed by atoms with Crippen LogP contribution in [0.3, 0.4) is 0 Å². The van der Waals surface area contributed by atoms with Gasteiger partial charge in [-0.05, 0) is 44.0 Å². The Morgan fingerprint density at radius 3 is 2.19 bits per heavy atom. The van der Waals surface area contributed by atoms with Crippen molar-refractivity contribution in [1.29, 1.82) is 0 Å². The van der Waals surface area contributed by atoms with Crippen LogP contribution in [0.15, 0.2) is 72.3 Å². The summed E-state index contributed by atoms with van der Waals surface area (Å²) in [4.78, 5) is 39.0. The van der Waals surface area contributed by atoms with Gasteiger partial charge in [0, 0.05) is 31.3 Å². The number of hydrogen-bond acceptors (Lipinski definition) is 4. The molecule has 2 aromatic carbocycles. The molecule has 0 aliphatic carbocycles. The summed E-state index contributed by atoms with van der Waals surface area (Å²) in [5, 5.41) is 5.65. The third-order valence-corrected chi connectivity index (χ3v) is 4.73. The Labute approximate surface area is 188 Å². The van der Waals surface area contributed by atoms with Crippen molar-refractivity contribution in [3.63, 3.8) is 0 Å². The Morgan fingerprint density at radius 1 is 1.00 bits per heavy atom. The molecule has 0 aromatic heterocycles. The number of benzene rings is 2. The Balaban J connectivity index is 1.61. The number of carbonyl (C=O) groups excluding carboxylic acids is 3. The molecule has 168 valence electrons. The monoisotopic (exact) mass is 435 g/mol. The van der Waals surface area contributed by atoms with Crippen molar-refractivity contribution in [1.82, 2.24) is 10.2 Å². The topological polar surface area (TPSA) is 87.7 Å². The summed E-state index contributed by atoms with van der Waals surface area (Å²) in [5.74, 6) is -0.663. The summed E-state index contributed by atoms with van der Waals surface area (Å²) in [5.41, 5.74) is 1.84. The lowest BCUT2D eigenvalue weighted by atomic mass is 10.0. The maximum atomic E-state index is 12.9. The Kier molecular flexibility index (Phi) is 7.30. The fraction of sp³-hybridized carbons (Fsp3) is 0.320. The second-order valence-corrected chi connectivity index (χ2v) is 8.75. The van der Waals surface area contributed by atoms with Crippen LogP contribution in [-0.4, -0.2) is 47.5 Å². The van der Waals surface area contributed by atoms with Gasteiger partial charge in [-0.1, -0.05) is 48.5 Å². The van der Waals surface area contributed by atoms with Crippen LogP contribution in [0, 0.1) is 0 Å². The first kappa shape index (κ1) is 23.1. The van der Waals surface area contributed by atoms with E-state index < -0.39 is 17.7 Å². The molecule has 7 nitrogen and oxygen atoms in total. The summed E-state index contributed by atoms with van der Waals surface area (Å²) in [7, 11) is 0. The van der Waals surface area contributed by atoms with E-state index in [4.69, 9.17) is 4.74 Å². The minimum absolute atomic E-state index is 0.296. The van der Waals surface area contributed by atoms with Crippen molar-refractivity contribution >= 4 is 23.6 Å². The van der Waals surface area contributed by atoms with Gasteiger partial charge >= 0.3 is 6.09 Å². The summed E-state index contributed by atoms with van der Waals surface area (Å²) in [6, 6.07) is 17.9. The highest BCUT2D eigenvalue weighted by molar-refractivity contribution is 5.99. The van der Waals surface area contributed by atoms with E-state index in [1.807, 2.05) is 69.3 Å². The average Bonchev–Trinajstić information content (AvgIpc) is 2.70. The highest BCUT2D eigenvalue weighted by Crippen LogP contribution is 2.19. The van der Waals surface area contributed by atoms with E-state index in [0.29, 0.717) is 25.2 Å². The van der Waals surface area contributed by atoms with Gasteiger partial charge in [-0.15, -0.1) is 0 Å². The number of likely N-dealkylation sites (tertiary alicyclic amines) is 1. The molecule has 0 radical (unpaired) electrons. The number of rotatable bonds is 6. The summed E-state index contributed by atoms with van der Waals surface area (Å²) in [6.45, 7) is 6.09. The van der Waals surface area contributed by atoms with E-state index in [9.17, 15) is 14.4 Å². The summed E-state index contributed by atoms with van der Waals surface area (Å²) >= 11 is 0. The molecule has 32 heavy (non-hydrogen) atoms. The zero-order chi connectivity index (χ0) is 23.1. The van der Waals surface area contributed by atoms with Gasteiger partial charge in [0.2, 0.25) is 11.8 Å². The van der Waals surface area contributed by atoms with Crippen LogP contribution in [0.4, 0.5) is 10.5 Å².